The van der Waals surface area contributed by atoms with E-state index in [-0.39, 0.29) is 0 Å². The molecule has 0 bridgehead atoms. The fourth-order valence-corrected chi connectivity index (χ4v) is 7.79. The maximum atomic E-state index is 3.80. The highest BCUT2D eigenvalue weighted by atomic mass is 79.9. The molecule has 6 heteroatoms. The summed E-state index contributed by atoms with van der Waals surface area (Å²) in [6, 6.07) is 0. The summed E-state index contributed by atoms with van der Waals surface area (Å²) in [5.41, 5.74) is 9.04. The fraction of sp³-hybridized carbons (Fsp3) is 0.500. The number of benzene rings is 1. The van der Waals surface area contributed by atoms with E-state index >= 15 is 0 Å². The molecule has 0 aliphatic heterocycles. The first kappa shape index (κ1) is 13.7. The van der Waals surface area contributed by atoms with Crippen molar-refractivity contribution < 1.29 is 0 Å². The van der Waals surface area contributed by atoms with Crippen molar-refractivity contribution >= 4 is 95.6 Å². The standard InChI is InChI=1S/C12H6Br6/c13-7-1-2(8(7)14)4-6(12(18)11(4)17)5-3(1)9(15)10(5)16/h7-12H/t7-,8-,9-,10-,11+,12+/m0/s1. The third kappa shape index (κ3) is 1.37. The molecule has 0 saturated carbocycles. The van der Waals surface area contributed by atoms with Crippen LogP contribution < -0.4 is 0 Å². The first-order valence-corrected chi connectivity index (χ1v) is 11.0. The van der Waals surface area contributed by atoms with E-state index in [4.69, 9.17) is 0 Å². The molecule has 1 aromatic rings. The largest absolute Gasteiger partial charge is 0.0823 e. The van der Waals surface area contributed by atoms with Crippen LogP contribution in [0.15, 0.2) is 0 Å². The van der Waals surface area contributed by atoms with Crippen molar-refractivity contribution in [2.75, 3.05) is 0 Å². The second-order valence-corrected chi connectivity index (χ2v) is 10.8. The Morgan fingerprint density at radius 3 is 0.556 bits per heavy atom. The van der Waals surface area contributed by atoms with Gasteiger partial charge in [-0.1, -0.05) is 95.6 Å². The first-order chi connectivity index (χ1) is 8.46. The highest BCUT2D eigenvalue weighted by Crippen LogP contribution is 2.73. The van der Waals surface area contributed by atoms with Gasteiger partial charge >= 0.3 is 0 Å². The fourth-order valence-electron chi connectivity index (χ4n) is 3.24. The normalized spacial score (nSPS) is 43.0. The van der Waals surface area contributed by atoms with Gasteiger partial charge in [0, 0.05) is 0 Å². The van der Waals surface area contributed by atoms with Crippen molar-refractivity contribution in [1.29, 1.82) is 0 Å². The molecular formula is C12H6Br6. The van der Waals surface area contributed by atoms with Crippen molar-refractivity contribution in [1.82, 2.24) is 0 Å². The van der Waals surface area contributed by atoms with Crippen molar-refractivity contribution in [2.45, 2.75) is 29.0 Å². The highest BCUT2D eigenvalue weighted by molar-refractivity contribution is 9.12. The number of hydrogen-bond donors (Lipinski definition) is 0. The van der Waals surface area contributed by atoms with Gasteiger partial charge < -0.3 is 0 Å². The second kappa shape index (κ2) is 4.31. The molecule has 18 heavy (non-hydrogen) atoms. The van der Waals surface area contributed by atoms with E-state index in [2.05, 4.69) is 95.6 Å². The van der Waals surface area contributed by atoms with Crippen LogP contribution in [0.4, 0.5) is 0 Å². The zero-order chi connectivity index (χ0) is 12.9. The van der Waals surface area contributed by atoms with Gasteiger partial charge in [-0.05, 0) is 33.4 Å². The van der Waals surface area contributed by atoms with Crippen LogP contribution in [0.1, 0.15) is 62.3 Å². The summed E-state index contributed by atoms with van der Waals surface area (Å²) in [4.78, 5) is 2.67. The summed E-state index contributed by atoms with van der Waals surface area (Å²) in [6.07, 6.45) is 0. The number of halogens is 6. The lowest BCUT2D eigenvalue weighted by Crippen LogP contribution is -2.35. The number of fused-ring (bicyclic) bond motifs is 6. The Morgan fingerprint density at radius 1 is 0.333 bits per heavy atom. The van der Waals surface area contributed by atoms with Crippen LogP contribution in [0.5, 0.6) is 0 Å². The van der Waals surface area contributed by atoms with Crippen molar-refractivity contribution in [2.24, 2.45) is 0 Å². The Morgan fingerprint density at radius 2 is 0.444 bits per heavy atom. The van der Waals surface area contributed by atoms with Crippen LogP contribution in [0, 0.1) is 0 Å². The van der Waals surface area contributed by atoms with E-state index < -0.39 is 0 Å². The Balaban J connectivity index is 2.05. The van der Waals surface area contributed by atoms with Crippen LogP contribution in [-0.4, -0.2) is 0 Å². The molecule has 0 heterocycles. The smallest absolute Gasteiger partial charge is 0.0567 e. The molecule has 0 radical (unpaired) electrons. The molecule has 0 aromatic heterocycles. The zero-order valence-corrected chi connectivity index (χ0v) is 18.2. The van der Waals surface area contributed by atoms with Crippen molar-refractivity contribution in [3.63, 3.8) is 0 Å². The van der Waals surface area contributed by atoms with Crippen LogP contribution in [0.2, 0.25) is 0 Å². The summed E-state index contributed by atoms with van der Waals surface area (Å²) in [5.74, 6) is 0. The van der Waals surface area contributed by atoms with Gasteiger partial charge in [-0.2, -0.15) is 0 Å². The summed E-state index contributed by atoms with van der Waals surface area (Å²) in [6.45, 7) is 0. The van der Waals surface area contributed by atoms with Gasteiger partial charge in [0.2, 0.25) is 0 Å². The first-order valence-electron chi connectivity index (χ1n) is 5.54. The van der Waals surface area contributed by atoms with E-state index in [1.54, 1.807) is 0 Å². The number of hydrogen-bond acceptors (Lipinski definition) is 0. The highest BCUT2D eigenvalue weighted by Gasteiger charge is 2.54. The average Bonchev–Trinajstić information content (AvgIpc) is 2.41. The van der Waals surface area contributed by atoms with Gasteiger partial charge in [0.15, 0.2) is 0 Å². The predicted octanol–water partition coefficient (Wildman–Crippen LogP) is 7.34. The van der Waals surface area contributed by atoms with Gasteiger partial charge in [0.25, 0.3) is 0 Å². The molecule has 0 amide bonds. The zero-order valence-electron chi connectivity index (χ0n) is 8.73. The van der Waals surface area contributed by atoms with Crippen molar-refractivity contribution in [3.05, 3.63) is 33.4 Å². The lowest BCUT2D eigenvalue weighted by molar-refractivity contribution is 0.649. The minimum atomic E-state index is 0.445. The Bertz CT molecular complexity index is 431. The minimum absolute atomic E-state index is 0.445. The van der Waals surface area contributed by atoms with Gasteiger partial charge in [-0.25, -0.2) is 0 Å². The molecule has 0 unspecified atom stereocenters. The Kier molecular flexibility index (Phi) is 3.29. The maximum Gasteiger partial charge on any atom is 0.0567 e. The Hall–Kier alpha value is 2.10. The van der Waals surface area contributed by atoms with Crippen LogP contribution in [0.3, 0.4) is 0 Å². The SMILES string of the molecule is Br[C@@H]1c2c(c3c(c4c2[C@H](Br)[C@H]4Br)[C@H](Br)[C@H]3Br)[C@H]1Br. The van der Waals surface area contributed by atoms with Crippen LogP contribution >= 0.6 is 95.6 Å². The molecule has 0 saturated heterocycles. The van der Waals surface area contributed by atoms with Gasteiger partial charge in [0.1, 0.15) is 0 Å². The van der Waals surface area contributed by atoms with E-state index in [0.717, 1.165) is 0 Å². The topological polar surface area (TPSA) is 0 Å². The monoisotopic (exact) mass is 624 g/mol. The molecule has 96 valence electrons. The van der Waals surface area contributed by atoms with Gasteiger partial charge in [-0.15, -0.1) is 0 Å². The molecule has 0 spiro atoms. The Labute approximate surface area is 156 Å². The lowest BCUT2D eigenvalue weighted by atomic mass is 9.64. The average molecular weight is 630 g/mol. The molecule has 4 rings (SSSR count). The summed E-state index contributed by atoms with van der Waals surface area (Å²) < 4.78 is 0. The molecule has 3 aliphatic carbocycles. The molecule has 0 fully saturated rings. The van der Waals surface area contributed by atoms with Gasteiger partial charge in [0.05, 0.1) is 29.0 Å². The van der Waals surface area contributed by atoms with E-state index in [9.17, 15) is 0 Å². The quantitative estimate of drug-likeness (QED) is 0.264. The van der Waals surface area contributed by atoms with E-state index in [0.29, 0.717) is 29.0 Å². The third-order valence-electron chi connectivity index (χ3n) is 4.17. The van der Waals surface area contributed by atoms with Crippen LogP contribution in [-0.2, 0) is 0 Å². The molecule has 6 atom stereocenters. The summed E-state index contributed by atoms with van der Waals surface area (Å²) in [7, 11) is 0. The summed E-state index contributed by atoms with van der Waals surface area (Å²) >= 11 is 22.8. The molecule has 3 aliphatic rings. The minimum Gasteiger partial charge on any atom is -0.0823 e. The maximum absolute atomic E-state index is 3.80. The lowest BCUT2D eigenvalue weighted by Gasteiger charge is -2.51. The molecule has 0 N–H and O–H groups in total. The molecule has 0 nitrogen and oxygen atoms in total. The van der Waals surface area contributed by atoms with E-state index in [1.165, 1.54) is 33.4 Å². The second-order valence-electron chi connectivity index (χ2n) is 4.89. The number of alkyl halides is 6. The molecular weight excluding hydrogens is 624 g/mol. The third-order valence-corrected chi connectivity index (χ3v) is 12.2. The van der Waals surface area contributed by atoms with E-state index in [1.807, 2.05) is 0 Å². The molecule has 1 aromatic carbocycles. The van der Waals surface area contributed by atoms with Gasteiger partial charge in [-0.3, -0.25) is 0 Å². The van der Waals surface area contributed by atoms with Crippen molar-refractivity contribution in [3.8, 4) is 0 Å². The van der Waals surface area contributed by atoms with Crippen LogP contribution in [0.25, 0.3) is 0 Å². The predicted molar refractivity (Wildman–Crippen MR) is 96.4 cm³/mol. The summed E-state index contributed by atoms with van der Waals surface area (Å²) in [5, 5.41) is 0. The number of rotatable bonds is 0.